The molecule has 14 heavy (non-hydrogen) atoms. The Hall–Kier alpha value is -0.0400. The van der Waals surface area contributed by atoms with Crippen molar-refractivity contribution in [3.05, 3.63) is 0 Å². The Morgan fingerprint density at radius 2 is 1.71 bits per heavy atom. The minimum absolute atomic E-state index is 0.604. The molecule has 0 atom stereocenters. The van der Waals surface area contributed by atoms with Crippen LogP contribution in [0, 0.1) is 5.41 Å². The summed E-state index contributed by atoms with van der Waals surface area (Å²) in [5, 5.41) is 0. The summed E-state index contributed by atoms with van der Waals surface area (Å²) in [6.45, 7) is 13.0. The van der Waals surface area contributed by atoms with Crippen LogP contribution in [0.5, 0.6) is 0 Å². The fraction of sp³-hybridized carbons (Fsp3) is 1.00. The molecule has 0 heterocycles. The standard InChI is InChI=1S/C13H27N/c1-6-14(11(2)3)12-7-9-13(4,5)10-8-12/h11-12H,6-10H2,1-5H3. The molecule has 0 bridgehead atoms. The van der Waals surface area contributed by atoms with E-state index in [2.05, 4.69) is 39.5 Å². The average Bonchev–Trinajstić information content (AvgIpc) is 2.08. The van der Waals surface area contributed by atoms with Gasteiger partial charge in [-0.2, -0.15) is 0 Å². The molecule has 0 aliphatic heterocycles. The summed E-state index contributed by atoms with van der Waals surface area (Å²) < 4.78 is 0. The predicted molar refractivity (Wildman–Crippen MR) is 63.6 cm³/mol. The van der Waals surface area contributed by atoms with Gasteiger partial charge >= 0.3 is 0 Å². The highest BCUT2D eigenvalue weighted by atomic mass is 15.2. The van der Waals surface area contributed by atoms with Gasteiger partial charge in [-0.1, -0.05) is 20.8 Å². The molecule has 0 amide bonds. The van der Waals surface area contributed by atoms with E-state index in [9.17, 15) is 0 Å². The Kier molecular flexibility index (Phi) is 4.00. The third-order valence-corrected chi connectivity index (χ3v) is 3.81. The molecule has 1 rings (SSSR count). The van der Waals surface area contributed by atoms with Gasteiger partial charge in [0.2, 0.25) is 0 Å². The van der Waals surface area contributed by atoms with Gasteiger partial charge in [-0.15, -0.1) is 0 Å². The van der Waals surface area contributed by atoms with Crippen LogP contribution >= 0.6 is 0 Å². The van der Waals surface area contributed by atoms with E-state index in [1.54, 1.807) is 0 Å². The van der Waals surface area contributed by atoms with Crippen LogP contribution in [0.4, 0.5) is 0 Å². The summed E-state index contributed by atoms with van der Waals surface area (Å²) in [5.41, 5.74) is 0.604. The summed E-state index contributed by atoms with van der Waals surface area (Å²) in [6.07, 6.45) is 5.61. The van der Waals surface area contributed by atoms with Crippen LogP contribution in [-0.4, -0.2) is 23.5 Å². The van der Waals surface area contributed by atoms with E-state index in [-0.39, 0.29) is 0 Å². The topological polar surface area (TPSA) is 3.24 Å². The summed E-state index contributed by atoms with van der Waals surface area (Å²) in [4.78, 5) is 2.66. The Labute approximate surface area is 89.9 Å². The lowest BCUT2D eigenvalue weighted by Gasteiger charge is -2.41. The second kappa shape index (κ2) is 4.65. The molecular weight excluding hydrogens is 170 g/mol. The van der Waals surface area contributed by atoms with Crippen LogP contribution < -0.4 is 0 Å². The Balaban J connectivity index is 2.47. The number of hydrogen-bond acceptors (Lipinski definition) is 1. The van der Waals surface area contributed by atoms with Gasteiger partial charge in [0.15, 0.2) is 0 Å². The number of hydrogen-bond donors (Lipinski definition) is 0. The molecule has 1 nitrogen and oxygen atoms in total. The average molecular weight is 197 g/mol. The van der Waals surface area contributed by atoms with E-state index in [0.717, 1.165) is 6.04 Å². The van der Waals surface area contributed by atoms with E-state index in [1.807, 2.05) is 0 Å². The van der Waals surface area contributed by atoms with Crippen LogP contribution in [0.15, 0.2) is 0 Å². The third-order valence-electron chi connectivity index (χ3n) is 3.81. The molecule has 0 N–H and O–H groups in total. The van der Waals surface area contributed by atoms with Crippen molar-refractivity contribution < 1.29 is 0 Å². The maximum Gasteiger partial charge on any atom is 0.00982 e. The first-order valence-electron chi connectivity index (χ1n) is 6.22. The molecule has 0 saturated heterocycles. The van der Waals surface area contributed by atoms with Crippen molar-refractivity contribution >= 4 is 0 Å². The molecule has 0 aromatic carbocycles. The fourth-order valence-corrected chi connectivity index (χ4v) is 2.76. The van der Waals surface area contributed by atoms with Crippen LogP contribution in [0.25, 0.3) is 0 Å². The summed E-state index contributed by atoms with van der Waals surface area (Å²) in [5.74, 6) is 0. The molecule has 0 unspecified atom stereocenters. The largest absolute Gasteiger partial charge is 0.298 e. The molecule has 1 aliphatic rings. The van der Waals surface area contributed by atoms with E-state index in [1.165, 1.54) is 32.2 Å². The molecule has 0 radical (unpaired) electrons. The van der Waals surface area contributed by atoms with E-state index >= 15 is 0 Å². The van der Waals surface area contributed by atoms with Crippen molar-refractivity contribution in [2.45, 2.75) is 72.4 Å². The molecule has 1 fully saturated rings. The predicted octanol–water partition coefficient (Wildman–Crippen LogP) is 3.69. The Morgan fingerprint density at radius 1 is 1.21 bits per heavy atom. The van der Waals surface area contributed by atoms with Crippen LogP contribution in [0.2, 0.25) is 0 Å². The van der Waals surface area contributed by atoms with Crippen molar-refractivity contribution in [1.82, 2.24) is 4.90 Å². The minimum atomic E-state index is 0.604. The van der Waals surface area contributed by atoms with E-state index < -0.39 is 0 Å². The number of rotatable bonds is 3. The molecular formula is C13H27N. The van der Waals surface area contributed by atoms with E-state index in [4.69, 9.17) is 0 Å². The Morgan fingerprint density at radius 3 is 2.07 bits per heavy atom. The zero-order chi connectivity index (χ0) is 10.8. The van der Waals surface area contributed by atoms with Gasteiger partial charge in [-0.05, 0) is 51.5 Å². The van der Waals surface area contributed by atoms with Gasteiger partial charge in [-0.3, -0.25) is 4.90 Å². The van der Waals surface area contributed by atoms with Gasteiger partial charge < -0.3 is 0 Å². The lowest BCUT2D eigenvalue weighted by atomic mass is 9.75. The second-order valence-corrected chi connectivity index (χ2v) is 5.82. The van der Waals surface area contributed by atoms with Crippen molar-refractivity contribution in [2.75, 3.05) is 6.54 Å². The molecule has 1 aliphatic carbocycles. The first-order chi connectivity index (χ1) is 6.46. The minimum Gasteiger partial charge on any atom is -0.298 e. The van der Waals surface area contributed by atoms with Crippen LogP contribution in [-0.2, 0) is 0 Å². The van der Waals surface area contributed by atoms with Gasteiger partial charge in [0.25, 0.3) is 0 Å². The normalized spacial score (nSPS) is 23.4. The first-order valence-corrected chi connectivity index (χ1v) is 6.22. The quantitative estimate of drug-likeness (QED) is 0.667. The smallest absolute Gasteiger partial charge is 0.00982 e. The second-order valence-electron chi connectivity index (χ2n) is 5.82. The van der Waals surface area contributed by atoms with Gasteiger partial charge in [0, 0.05) is 12.1 Å². The fourth-order valence-electron chi connectivity index (χ4n) is 2.76. The maximum absolute atomic E-state index is 2.66. The maximum atomic E-state index is 2.66. The molecule has 0 spiro atoms. The molecule has 1 heteroatoms. The Bertz CT molecular complexity index is 162. The van der Waals surface area contributed by atoms with Gasteiger partial charge in [-0.25, -0.2) is 0 Å². The van der Waals surface area contributed by atoms with Crippen LogP contribution in [0.3, 0.4) is 0 Å². The molecule has 84 valence electrons. The molecule has 1 saturated carbocycles. The number of nitrogens with zero attached hydrogens (tertiary/aromatic N) is 1. The lowest BCUT2D eigenvalue weighted by molar-refractivity contribution is 0.0876. The zero-order valence-electron chi connectivity index (χ0n) is 10.6. The highest BCUT2D eigenvalue weighted by molar-refractivity contribution is 4.84. The van der Waals surface area contributed by atoms with Gasteiger partial charge in [0.05, 0.1) is 0 Å². The van der Waals surface area contributed by atoms with Gasteiger partial charge in [0.1, 0.15) is 0 Å². The third kappa shape index (κ3) is 2.98. The summed E-state index contributed by atoms with van der Waals surface area (Å²) >= 11 is 0. The summed E-state index contributed by atoms with van der Waals surface area (Å²) in [7, 11) is 0. The molecule has 0 aromatic rings. The van der Waals surface area contributed by atoms with Crippen molar-refractivity contribution in [3.63, 3.8) is 0 Å². The summed E-state index contributed by atoms with van der Waals surface area (Å²) in [6, 6.07) is 1.57. The first kappa shape index (κ1) is 12.0. The van der Waals surface area contributed by atoms with Crippen molar-refractivity contribution in [1.29, 1.82) is 0 Å². The van der Waals surface area contributed by atoms with E-state index in [0.29, 0.717) is 11.5 Å². The monoisotopic (exact) mass is 197 g/mol. The van der Waals surface area contributed by atoms with Crippen molar-refractivity contribution in [2.24, 2.45) is 5.41 Å². The van der Waals surface area contributed by atoms with Crippen LogP contribution in [0.1, 0.15) is 60.3 Å². The SMILES string of the molecule is CCN(C(C)C)C1CCC(C)(C)CC1. The highest BCUT2D eigenvalue weighted by Crippen LogP contribution is 2.37. The highest BCUT2D eigenvalue weighted by Gasteiger charge is 2.30. The molecule has 0 aromatic heterocycles. The van der Waals surface area contributed by atoms with Crippen molar-refractivity contribution in [3.8, 4) is 0 Å². The lowest BCUT2D eigenvalue weighted by Crippen LogP contribution is -2.43. The zero-order valence-corrected chi connectivity index (χ0v) is 10.6.